The van der Waals surface area contributed by atoms with Crippen molar-refractivity contribution in [3.8, 4) is 0 Å². The summed E-state index contributed by atoms with van der Waals surface area (Å²) in [5, 5.41) is 9.12. The van der Waals surface area contributed by atoms with Crippen molar-refractivity contribution in [2.45, 2.75) is 31.8 Å². The van der Waals surface area contributed by atoms with Crippen molar-refractivity contribution in [3.63, 3.8) is 0 Å². The zero-order chi connectivity index (χ0) is 9.97. The molecule has 1 unspecified atom stereocenters. The van der Waals surface area contributed by atoms with Crippen LogP contribution in [0.2, 0.25) is 0 Å². The molecule has 1 atom stereocenters. The Morgan fingerprint density at radius 3 is 2.86 bits per heavy atom. The molecule has 2 rings (SSSR count). The van der Waals surface area contributed by atoms with Gasteiger partial charge in [0.2, 0.25) is 0 Å². The summed E-state index contributed by atoms with van der Waals surface area (Å²) in [4.78, 5) is 1.47. The highest BCUT2D eigenvalue weighted by Crippen LogP contribution is 2.25. The minimum atomic E-state index is 0.482. The predicted octanol–water partition coefficient (Wildman–Crippen LogP) is 2.07. The second-order valence-electron chi connectivity index (χ2n) is 3.99. The fraction of sp³-hybridized carbons (Fsp3) is 0.636. The molecule has 1 aliphatic rings. The zero-order valence-corrected chi connectivity index (χ0v) is 9.66. The number of hydrogen-bond acceptors (Lipinski definition) is 3. The molecule has 0 aromatic carbocycles. The highest BCUT2D eigenvalue weighted by molar-refractivity contribution is 7.10. The maximum Gasteiger partial charge on any atom is 0.0541 e. The van der Waals surface area contributed by atoms with Gasteiger partial charge in [-0.25, -0.2) is 0 Å². The van der Waals surface area contributed by atoms with E-state index in [4.69, 9.17) is 0 Å². The smallest absolute Gasteiger partial charge is 0.0541 e. The Morgan fingerprint density at radius 2 is 2.36 bits per heavy atom. The van der Waals surface area contributed by atoms with Crippen LogP contribution in [0.15, 0.2) is 11.4 Å². The summed E-state index contributed by atoms with van der Waals surface area (Å²) in [6.45, 7) is 3.25. The van der Waals surface area contributed by atoms with Crippen LogP contribution in [0.4, 0.5) is 0 Å². The molecule has 1 saturated carbocycles. The molecule has 0 bridgehead atoms. The first kappa shape index (κ1) is 10.1. The molecule has 1 aromatic rings. The summed E-state index contributed by atoms with van der Waals surface area (Å²) in [5.41, 5.74) is 1.41. The zero-order valence-electron chi connectivity index (χ0n) is 8.84. The standard InChI is InChI=1S/C11H18N2S/c1-8-5-6-14-11(8)10(12-2)7-13-9-3-4-9/h5-6,9-10,12-13H,3-4,7H2,1-2H3. The molecule has 0 amide bonds. The van der Waals surface area contributed by atoms with Crippen LogP contribution in [0, 0.1) is 6.92 Å². The molecule has 0 spiro atoms. The van der Waals surface area contributed by atoms with Gasteiger partial charge in [0.05, 0.1) is 6.04 Å². The fourth-order valence-corrected chi connectivity index (χ4v) is 2.68. The van der Waals surface area contributed by atoms with Gasteiger partial charge in [-0.15, -0.1) is 11.3 Å². The summed E-state index contributed by atoms with van der Waals surface area (Å²) in [7, 11) is 2.04. The molecule has 1 aliphatic carbocycles. The Hall–Kier alpha value is -0.380. The van der Waals surface area contributed by atoms with Gasteiger partial charge in [-0.05, 0) is 43.8 Å². The van der Waals surface area contributed by atoms with E-state index in [1.807, 2.05) is 18.4 Å². The third-order valence-corrected chi connectivity index (χ3v) is 3.89. The molecule has 2 N–H and O–H groups in total. The molecule has 1 aromatic heterocycles. The number of rotatable bonds is 5. The lowest BCUT2D eigenvalue weighted by atomic mass is 10.1. The number of thiophene rings is 1. The number of likely N-dealkylation sites (N-methyl/N-ethyl adjacent to an activating group) is 1. The molecule has 1 heterocycles. The minimum Gasteiger partial charge on any atom is -0.312 e. The van der Waals surface area contributed by atoms with Crippen LogP contribution in [0.3, 0.4) is 0 Å². The largest absolute Gasteiger partial charge is 0.312 e. The molecule has 78 valence electrons. The first-order valence-corrected chi connectivity index (χ1v) is 6.14. The molecule has 14 heavy (non-hydrogen) atoms. The Labute approximate surface area is 89.7 Å². The van der Waals surface area contributed by atoms with Gasteiger partial charge in [0, 0.05) is 17.5 Å². The van der Waals surface area contributed by atoms with Crippen molar-refractivity contribution in [1.29, 1.82) is 0 Å². The Kier molecular flexibility index (Phi) is 3.21. The van der Waals surface area contributed by atoms with Gasteiger partial charge in [-0.2, -0.15) is 0 Å². The number of hydrogen-bond donors (Lipinski definition) is 2. The summed E-state index contributed by atoms with van der Waals surface area (Å²) in [6, 6.07) is 3.48. The van der Waals surface area contributed by atoms with Gasteiger partial charge >= 0.3 is 0 Å². The molecule has 3 heteroatoms. The second-order valence-corrected chi connectivity index (χ2v) is 4.94. The summed E-state index contributed by atoms with van der Waals surface area (Å²) in [5.74, 6) is 0. The Bertz CT molecular complexity index is 291. The van der Waals surface area contributed by atoms with Gasteiger partial charge < -0.3 is 10.6 Å². The SMILES string of the molecule is CNC(CNC1CC1)c1sccc1C. The highest BCUT2D eigenvalue weighted by atomic mass is 32.1. The first-order valence-electron chi connectivity index (χ1n) is 5.26. The molecule has 0 saturated heterocycles. The predicted molar refractivity (Wildman–Crippen MR) is 61.9 cm³/mol. The average molecular weight is 210 g/mol. The van der Waals surface area contributed by atoms with Crippen LogP contribution in [0.1, 0.15) is 29.3 Å². The molecule has 1 fully saturated rings. The van der Waals surface area contributed by atoms with Crippen LogP contribution in [0.5, 0.6) is 0 Å². The van der Waals surface area contributed by atoms with Crippen LogP contribution >= 0.6 is 11.3 Å². The quantitative estimate of drug-likeness (QED) is 0.777. The van der Waals surface area contributed by atoms with Crippen LogP contribution < -0.4 is 10.6 Å². The van der Waals surface area contributed by atoms with E-state index < -0.39 is 0 Å². The van der Waals surface area contributed by atoms with Crippen molar-refractivity contribution in [2.24, 2.45) is 0 Å². The molecule has 0 aliphatic heterocycles. The van der Waals surface area contributed by atoms with E-state index in [1.165, 1.54) is 23.3 Å². The molecular weight excluding hydrogens is 192 g/mol. The third-order valence-electron chi connectivity index (χ3n) is 2.75. The molecule has 2 nitrogen and oxygen atoms in total. The lowest BCUT2D eigenvalue weighted by Gasteiger charge is -2.16. The maximum absolute atomic E-state index is 3.57. The summed E-state index contributed by atoms with van der Waals surface area (Å²) < 4.78 is 0. The van der Waals surface area contributed by atoms with Gasteiger partial charge in [0.1, 0.15) is 0 Å². The average Bonchev–Trinajstić information content (AvgIpc) is 2.92. The monoisotopic (exact) mass is 210 g/mol. The fourth-order valence-electron chi connectivity index (χ4n) is 1.64. The van der Waals surface area contributed by atoms with Crippen LogP contribution in [0.25, 0.3) is 0 Å². The topological polar surface area (TPSA) is 24.1 Å². The van der Waals surface area contributed by atoms with E-state index in [0.717, 1.165) is 12.6 Å². The first-order chi connectivity index (χ1) is 6.81. The Balaban J connectivity index is 1.93. The normalized spacial score (nSPS) is 18.4. The highest BCUT2D eigenvalue weighted by Gasteiger charge is 2.22. The van der Waals surface area contributed by atoms with E-state index in [9.17, 15) is 0 Å². The van der Waals surface area contributed by atoms with Gasteiger partial charge in [-0.3, -0.25) is 0 Å². The van der Waals surface area contributed by atoms with Gasteiger partial charge in [0.25, 0.3) is 0 Å². The molecule has 0 radical (unpaired) electrons. The molecular formula is C11H18N2S. The van der Waals surface area contributed by atoms with Crippen molar-refractivity contribution in [1.82, 2.24) is 10.6 Å². The Morgan fingerprint density at radius 1 is 1.57 bits per heavy atom. The van der Waals surface area contributed by atoms with E-state index in [2.05, 4.69) is 29.0 Å². The summed E-state index contributed by atoms with van der Waals surface area (Å²) in [6.07, 6.45) is 2.72. The van der Waals surface area contributed by atoms with Gasteiger partial charge in [0.15, 0.2) is 0 Å². The lowest BCUT2D eigenvalue weighted by molar-refractivity contribution is 0.531. The van der Waals surface area contributed by atoms with E-state index in [1.54, 1.807) is 0 Å². The third kappa shape index (κ3) is 2.35. The van der Waals surface area contributed by atoms with Crippen molar-refractivity contribution in [3.05, 3.63) is 21.9 Å². The van der Waals surface area contributed by atoms with E-state index >= 15 is 0 Å². The van der Waals surface area contributed by atoms with Crippen molar-refractivity contribution >= 4 is 11.3 Å². The number of nitrogens with one attached hydrogen (secondary N) is 2. The van der Waals surface area contributed by atoms with Gasteiger partial charge in [-0.1, -0.05) is 0 Å². The number of aryl methyl sites for hydroxylation is 1. The summed E-state index contributed by atoms with van der Waals surface area (Å²) >= 11 is 1.85. The van der Waals surface area contributed by atoms with Crippen LogP contribution in [-0.2, 0) is 0 Å². The second kappa shape index (κ2) is 4.43. The van der Waals surface area contributed by atoms with Crippen molar-refractivity contribution < 1.29 is 0 Å². The lowest BCUT2D eigenvalue weighted by Crippen LogP contribution is -2.30. The van der Waals surface area contributed by atoms with Crippen LogP contribution in [-0.4, -0.2) is 19.6 Å². The maximum atomic E-state index is 3.57. The minimum absolute atomic E-state index is 0.482. The van der Waals surface area contributed by atoms with Crippen molar-refractivity contribution in [2.75, 3.05) is 13.6 Å². The van der Waals surface area contributed by atoms with E-state index in [-0.39, 0.29) is 0 Å². The van der Waals surface area contributed by atoms with E-state index in [0.29, 0.717) is 6.04 Å².